The molecule has 8 heteroatoms. The van der Waals surface area contributed by atoms with Crippen LogP contribution in [0.4, 0.5) is 19.3 Å². The molecule has 0 saturated carbocycles. The zero-order valence-corrected chi connectivity index (χ0v) is 13.9. The van der Waals surface area contributed by atoms with Gasteiger partial charge in [0.15, 0.2) is 0 Å². The fourth-order valence-corrected chi connectivity index (χ4v) is 2.92. The molecule has 1 heterocycles. The number of nitrogens with one attached hydrogen (secondary N) is 3. The number of ether oxygens (including phenoxy) is 1. The van der Waals surface area contributed by atoms with Gasteiger partial charge in [-0.3, -0.25) is 4.79 Å². The summed E-state index contributed by atoms with van der Waals surface area (Å²) >= 11 is 0. The van der Waals surface area contributed by atoms with Crippen molar-refractivity contribution in [1.82, 2.24) is 10.6 Å². The molecular weight excluding hydrogens is 344 g/mol. The maximum Gasteiger partial charge on any atom is 0.319 e. The Hall–Kier alpha value is -3.16. The van der Waals surface area contributed by atoms with Crippen molar-refractivity contribution in [3.63, 3.8) is 0 Å². The summed E-state index contributed by atoms with van der Waals surface area (Å²) in [6.45, 7) is 0.00921. The van der Waals surface area contributed by atoms with E-state index in [1.807, 2.05) is 0 Å². The summed E-state index contributed by atoms with van der Waals surface area (Å²) in [7, 11) is 1.30. The van der Waals surface area contributed by atoms with Gasteiger partial charge in [0.1, 0.15) is 23.4 Å². The third-order valence-corrected chi connectivity index (χ3v) is 4.16. The summed E-state index contributed by atoms with van der Waals surface area (Å²) in [6.07, 6.45) is 0. The monoisotopic (exact) mass is 361 g/mol. The number of para-hydroxylation sites is 1. The second-order valence-electron chi connectivity index (χ2n) is 5.80. The van der Waals surface area contributed by atoms with Crippen molar-refractivity contribution in [2.45, 2.75) is 12.0 Å². The van der Waals surface area contributed by atoms with E-state index in [1.165, 1.54) is 7.11 Å². The second kappa shape index (κ2) is 7.38. The van der Waals surface area contributed by atoms with Crippen molar-refractivity contribution in [1.29, 1.82) is 0 Å². The lowest BCUT2D eigenvalue weighted by Gasteiger charge is -2.20. The molecule has 0 aromatic heterocycles. The number of hydrogen-bond acceptors (Lipinski definition) is 3. The molecule has 3 rings (SSSR count). The van der Waals surface area contributed by atoms with Gasteiger partial charge in [0.25, 0.3) is 0 Å². The predicted octanol–water partition coefficient (Wildman–Crippen LogP) is 2.38. The van der Waals surface area contributed by atoms with E-state index in [0.29, 0.717) is 5.69 Å². The molecule has 136 valence electrons. The molecule has 1 saturated heterocycles. The Morgan fingerprint density at radius 3 is 2.46 bits per heavy atom. The van der Waals surface area contributed by atoms with Crippen LogP contribution in [-0.2, 0) is 4.79 Å². The number of rotatable bonds is 4. The highest BCUT2D eigenvalue weighted by molar-refractivity contribution is 5.95. The van der Waals surface area contributed by atoms with Crippen LogP contribution in [0.1, 0.15) is 11.5 Å². The summed E-state index contributed by atoms with van der Waals surface area (Å²) in [4.78, 5) is 24.2. The molecule has 3 N–H and O–H groups in total. The van der Waals surface area contributed by atoms with Crippen LogP contribution in [0.3, 0.4) is 0 Å². The van der Waals surface area contributed by atoms with Gasteiger partial charge in [0.05, 0.1) is 7.11 Å². The fraction of sp³-hybridized carbons (Fsp3) is 0.222. The molecular formula is C18H17F2N3O3. The summed E-state index contributed by atoms with van der Waals surface area (Å²) < 4.78 is 33.5. The molecule has 0 unspecified atom stereocenters. The van der Waals surface area contributed by atoms with Crippen molar-refractivity contribution < 1.29 is 23.1 Å². The molecule has 6 nitrogen and oxygen atoms in total. The average molecular weight is 361 g/mol. The maximum absolute atomic E-state index is 14.3. The van der Waals surface area contributed by atoms with Gasteiger partial charge in [-0.1, -0.05) is 18.2 Å². The Morgan fingerprint density at radius 1 is 1.19 bits per heavy atom. The second-order valence-corrected chi connectivity index (χ2v) is 5.80. The largest absolute Gasteiger partial charge is 0.497 e. The number of methoxy groups -OCH3 is 1. The molecule has 0 radical (unpaired) electrons. The van der Waals surface area contributed by atoms with Gasteiger partial charge in [0.2, 0.25) is 5.91 Å². The molecule has 1 fully saturated rings. The number of amides is 3. The van der Waals surface area contributed by atoms with Gasteiger partial charge in [-0.25, -0.2) is 13.6 Å². The Balaban J connectivity index is 1.80. The van der Waals surface area contributed by atoms with Crippen LogP contribution in [0.15, 0.2) is 42.5 Å². The molecule has 26 heavy (non-hydrogen) atoms. The van der Waals surface area contributed by atoms with Crippen LogP contribution < -0.4 is 20.7 Å². The highest BCUT2D eigenvalue weighted by atomic mass is 19.1. The number of benzene rings is 2. The van der Waals surface area contributed by atoms with E-state index >= 15 is 0 Å². The van der Waals surface area contributed by atoms with Gasteiger partial charge in [-0.15, -0.1) is 0 Å². The number of halogens is 2. The van der Waals surface area contributed by atoms with Crippen molar-refractivity contribution in [3.05, 3.63) is 59.7 Å². The van der Waals surface area contributed by atoms with Crippen LogP contribution in [0.2, 0.25) is 0 Å². The van der Waals surface area contributed by atoms with Crippen LogP contribution >= 0.6 is 0 Å². The van der Waals surface area contributed by atoms with Crippen LogP contribution in [-0.4, -0.2) is 31.6 Å². The highest BCUT2D eigenvalue weighted by Gasteiger charge is 2.40. The number of urea groups is 1. The van der Waals surface area contributed by atoms with Gasteiger partial charge < -0.3 is 20.7 Å². The van der Waals surface area contributed by atoms with E-state index < -0.39 is 35.5 Å². The smallest absolute Gasteiger partial charge is 0.319 e. The first-order valence-corrected chi connectivity index (χ1v) is 7.93. The SMILES string of the molecule is COc1cc(F)c([C@@H]2CNC(=O)[C@@H]2NC(=O)Nc2ccccc2)c(F)c1. The predicted molar refractivity (Wildman–Crippen MR) is 91.0 cm³/mol. The van der Waals surface area contributed by atoms with Crippen molar-refractivity contribution >= 4 is 17.6 Å². The fourth-order valence-electron chi connectivity index (χ4n) is 2.92. The Morgan fingerprint density at radius 2 is 1.85 bits per heavy atom. The first-order chi connectivity index (χ1) is 12.5. The summed E-state index contributed by atoms with van der Waals surface area (Å²) in [5.74, 6) is -3.02. The minimum absolute atomic E-state index is 0.00921. The molecule has 1 aliphatic rings. The number of carbonyl (C=O) groups is 2. The van der Waals surface area contributed by atoms with Crippen LogP contribution in [0.5, 0.6) is 5.75 Å². The van der Waals surface area contributed by atoms with E-state index in [0.717, 1.165) is 12.1 Å². The normalized spacial score (nSPS) is 19.0. The lowest BCUT2D eigenvalue weighted by atomic mass is 9.93. The minimum Gasteiger partial charge on any atom is -0.497 e. The van der Waals surface area contributed by atoms with Gasteiger partial charge in [0, 0.05) is 35.8 Å². The molecule has 0 spiro atoms. The lowest BCUT2D eigenvalue weighted by Crippen LogP contribution is -2.45. The maximum atomic E-state index is 14.3. The molecule has 2 aromatic rings. The molecule has 0 aliphatic carbocycles. The highest BCUT2D eigenvalue weighted by Crippen LogP contribution is 2.31. The quantitative estimate of drug-likeness (QED) is 0.782. The Kier molecular flexibility index (Phi) is 5.01. The minimum atomic E-state index is -1.10. The topological polar surface area (TPSA) is 79.5 Å². The molecule has 2 aromatic carbocycles. The first-order valence-electron chi connectivity index (χ1n) is 7.93. The van der Waals surface area contributed by atoms with E-state index in [9.17, 15) is 18.4 Å². The number of hydrogen-bond donors (Lipinski definition) is 3. The van der Waals surface area contributed by atoms with Gasteiger partial charge in [-0.2, -0.15) is 0 Å². The van der Waals surface area contributed by atoms with E-state index in [-0.39, 0.29) is 17.9 Å². The van der Waals surface area contributed by atoms with Gasteiger partial charge in [-0.05, 0) is 12.1 Å². The molecule has 0 bridgehead atoms. The van der Waals surface area contributed by atoms with Gasteiger partial charge >= 0.3 is 6.03 Å². The summed E-state index contributed by atoms with van der Waals surface area (Å²) in [5, 5.41) is 7.58. The van der Waals surface area contributed by atoms with Crippen molar-refractivity contribution in [2.24, 2.45) is 0 Å². The first kappa shape index (κ1) is 17.7. The molecule has 3 amide bonds. The molecule has 1 aliphatic heterocycles. The van der Waals surface area contributed by atoms with E-state index in [1.54, 1.807) is 30.3 Å². The zero-order chi connectivity index (χ0) is 18.7. The van der Waals surface area contributed by atoms with Crippen LogP contribution in [0, 0.1) is 11.6 Å². The lowest BCUT2D eigenvalue weighted by molar-refractivity contribution is -0.120. The zero-order valence-electron chi connectivity index (χ0n) is 13.9. The third-order valence-electron chi connectivity index (χ3n) is 4.16. The average Bonchev–Trinajstić information content (AvgIpc) is 2.95. The summed E-state index contributed by atoms with van der Waals surface area (Å²) in [5.41, 5.74) is 0.260. The molecule has 2 atom stereocenters. The van der Waals surface area contributed by atoms with Crippen molar-refractivity contribution in [3.8, 4) is 5.75 Å². The van der Waals surface area contributed by atoms with E-state index in [4.69, 9.17) is 4.74 Å². The number of anilines is 1. The Bertz CT molecular complexity index is 807. The standard InChI is InChI=1S/C18H17F2N3O3/c1-26-11-7-13(19)15(14(20)8-11)12-9-21-17(24)16(12)23-18(25)22-10-5-3-2-4-6-10/h2-8,12,16H,9H2,1H3,(H,21,24)(H2,22,23,25)/t12-,16+/m0/s1. The number of carbonyl (C=O) groups excluding carboxylic acids is 2. The van der Waals surface area contributed by atoms with E-state index in [2.05, 4.69) is 16.0 Å². The third kappa shape index (κ3) is 3.58. The van der Waals surface area contributed by atoms with Crippen LogP contribution in [0.25, 0.3) is 0 Å². The Labute approximate surface area is 148 Å². The summed E-state index contributed by atoms with van der Waals surface area (Å²) in [6, 6.07) is 8.96. The van der Waals surface area contributed by atoms with Crippen molar-refractivity contribution in [2.75, 3.05) is 19.0 Å².